The van der Waals surface area contributed by atoms with Gasteiger partial charge in [-0.25, -0.2) is 0 Å². The second-order valence-corrected chi connectivity index (χ2v) is 6.44. The molecule has 3 aliphatic rings. The van der Waals surface area contributed by atoms with Crippen molar-refractivity contribution in [2.45, 2.75) is 69.5 Å². The summed E-state index contributed by atoms with van der Waals surface area (Å²) in [6.45, 7) is 2.09. The van der Waals surface area contributed by atoms with Crippen LogP contribution in [0.15, 0.2) is 0 Å². The fraction of sp³-hybridized carbons (Fsp3) is 0.867. The zero-order valence-electron chi connectivity index (χ0n) is 12.1. The lowest BCUT2D eigenvalue weighted by atomic mass is 9.94. The van der Waals surface area contributed by atoms with Crippen molar-refractivity contribution in [2.75, 3.05) is 13.1 Å². The van der Waals surface area contributed by atoms with Crippen LogP contribution < -0.4 is 10.6 Å². The highest BCUT2D eigenvalue weighted by Crippen LogP contribution is 2.25. The highest BCUT2D eigenvalue weighted by molar-refractivity contribution is 5.90. The van der Waals surface area contributed by atoms with E-state index in [9.17, 15) is 9.59 Å². The molecule has 1 saturated carbocycles. The molecule has 2 unspecified atom stereocenters. The molecule has 0 spiro atoms. The summed E-state index contributed by atoms with van der Waals surface area (Å²) in [5, 5.41) is 5.85. The van der Waals surface area contributed by atoms with Crippen LogP contribution in [0, 0.1) is 0 Å². The van der Waals surface area contributed by atoms with Crippen molar-refractivity contribution in [3.8, 4) is 0 Å². The maximum absolute atomic E-state index is 12.1. The van der Waals surface area contributed by atoms with Crippen LogP contribution in [0.25, 0.3) is 0 Å². The van der Waals surface area contributed by atoms with Gasteiger partial charge in [-0.05, 0) is 25.7 Å². The SMILES string of the molecule is O=C1CCC(C(=O)NC2CCN(C3CCCCC3)C2)N1. The lowest BCUT2D eigenvalue weighted by Gasteiger charge is -2.31. The van der Waals surface area contributed by atoms with E-state index in [0.29, 0.717) is 12.8 Å². The number of carbonyl (C=O) groups is 2. The molecule has 2 amide bonds. The van der Waals surface area contributed by atoms with E-state index >= 15 is 0 Å². The Hall–Kier alpha value is -1.10. The Bertz CT molecular complexity index is 379. The standard InChI is InChI=1S/C15H25N3O2/c19-14-7-6-13(17-14)15(20)16-11-8-9-18(10-11)12-4-2-1-3-5-12/h11-13H,1-10H2,(H,16,20)(H,17,19). The molecular formula is C15H25N3O2. The van der Waals surface area contributed by atoms with E-state index in [1.54, 1.807) is 0 Å². The number of amides is 2. The second kappa shape index (κ2) is 6.12. The van der Waals surface area contributed by atoms with E-state index in [4.69, 9.17) is 0 Å². The molecular weight excluding hydrogens is 254 g/mol. The third-order valence-electron chi connectivity index (χ3n) is 4.97. The van der Waals surface area contributed by atoms with Crippen LogP contribution in [0.2, 0.25) is 0 Å². The molecule has 3 fully saturated rings. The molecule has 0 aromatic carbocycles. The zero-order chi connectivity index (χ0) is 13.9. The Kier molecular flexibility index (Phi) is 4.24. The van der Waals surface area contributed by atoms with Crippen LogP contribution in [0.5, 0.6) is 0 Å². The molecule has 1 aliphatic carbocycles. The van der Waals surface area contributed by atoms with Crippen molar-refractivity contribution in [3.63, 3.8) is 0 Å². The van der Waals surface area contributed by atoms with Gasteiger partial charge in [-0.2, -0.15) is 0 Å². The van der Waals surface area contributed by atoms with E-state index in [2.05, 4.69) is 15.5 Å². The minimum atomic E-state index is -0.300. The Morgan fingerprint density at radius 1 is 1.15 bits per heavy atom. The molecule has 2 aliphatic heterocycles. The monoisotopic (exact) mass is 279 g/mol. The van der Waals surface area contributed by atoms with Crippen LogP contribution >= 0.6 is 0 Å². The molecule has 112 valence electrons. The molecule has 5 heteroatoms. The summed E-state index contributed by atoms with van der Waals surface area (Å²) >= 11 is 0. The van der Waals surface area contributed by atoms with Gasteiger partial charge in [0, 0.05) is 31.6 Å². The first-order valence-corrected chi connectivity index (χ1v) is 8.06. The van der Waals surface area contributed by atoms with Crippen LogP contribution in [0.1, 0.15) is 51.4 Å². The summed E-state index contributed by atoms with van der Waals surface area (Å²) < 4.78 is 0. The first-order chi connectivity index (χ1) is 9.72. The maximum atomic E-state index is 12.1. The van der Waals surface area contributed by atoms with Gasteiger partial charge in [-0.1, -0.05) is 19.3 Å². The van der Waals surface area contributed by atoms with Gasteiger partial charge in [0.2, 0.25) is 11.8 Å². The minimum Gasteiger partial charge on any atom is -0.350 e. The summed E-state index contributed by atoms with van der Waals surface area (Å²) in [6.07, 6.45) is 8.90. The number of hydrogen-bond donors (Lipinski definition) is 2. The summed E-state index contributed by atoms with van der Waals surface area (Å²) in [6, 6.07) is 0.699. The van der Waals surface area contributed by atoms with Crippen LogP contribution in [-0.4, -0.2) is 47.9 Å². The van der Waals surface area contributed by atoms with Crippen LogP contribution in [0.4, 0.5) is 0 Å². The first kappa shape index (κ1) is 13.9. The van der Waals surface area contributed by atoms with Crippen molar-refractivity contribution in [1.82, 2.24) is 15.5 Å². The number of nitrogens with zero attached hydrogens (tertiary/aromatic N) is 1. The van der Waals surface area contributed by atoms with Gasteiger partial charge in [-0.3, -0.25) is 14.5 Å². The van der Waals surface area contributed by atoms with E-state index in [-0.39, 0.29) is 23.9 Å². The number of rotatable bonds is 3. The predicted molar refractivity (Wildman–Crippen MR) is 76.2 cm³/mol. The van der Waals surface area contributed by atoms with Gasteiger partial charge < -0.3 is 10.6 Å². The summed E-state index contributed by atoms with van der Waals surface area (Å²) in [5.41, 5.74) is 0. The molecule has 0 radical (unpaired) electrons. The van der Waals surface area contributed by atoms with E-state index in [1.807, 2.05) is 0 Å². The van der Waals surface area contributed by atoms with Crippen molar-refractivity contribution < 1.29 is 9.59 Å². The highest BCUT2D eigenvalue weighted by atomic mass is 16.2. The molecule has 0 aromatic rings. The molecule has 0 bridgehead atoms. The number of hydrogen-bond acceptors (Lipinski definition) is 3. The van der Waals surface area contributed by atoms with Gasteiger partial charge in [0.15, 0.2) is 0 Å². The zero-order valence-corrected chi connectivity index (χ0v) is 12.1. The summed E-state index contributed by atoms with van der Waals surface area (Å²) in [4.78, 5) is 25.8. The molecule has 5 nitrogen and oxygen atoms in total. The average Bonchev–Trinajstić information content (AvgIpc) is 3.09. The second-order valence-electron chi connectivity index (χ2n) is 6.44. The highest BCUT2D eigenvalue weighted by Gasteiger charge is 2.33. The fourth-order valence-corrected chi connectivity index (χ4v) is 3.80. The third-order valence-corrected chi connectivity index (χ3v) is 4.97. The predicted octanol–water partition coefficient (Wildman–Crippen LogP) is 0.788. The van der Waals surface area contributed by atoms with Crippen molar-refractivity contribution >= 4 is 11.8 Å². The maximum Gasteiger partial charge on any atom is 0.242 e. The third kappa shape index (κ3) is 3.14. The average molecular weight is 279 g/mol. The molecule has 2 atom stereocenters. The van der Waals surface area contributed by atoms with E-state index in [0.717, 1.165) is 25.6 Å². The van der Waals surface area contributed by atoms with Gasteiger partial charge in [0.05, 0.1) is 0 Å². The van der Waals surface area contributed by atoms with E-state index < -0.39 is 0 Å². The number of carbonyl (C=O) groups excluding carboxylic acids is 2. The van der Waals surface area contributed by atoms with Gasteiger partial charge in [-0.15, -0.1) is 0 Å². The van der Waals surface area contributed by atoms with E-state index in [1.165, 1.54) is 32.1 Å². The Balaban J connectivity index is 1.45. The van der Waals surface area contributed by atoms with Crippen LogP contribution in [-0.2, 0) is 9.59 Å². The Morgan fingerprint density at radius 3 is 2.65 bits per heavy atom. The summed E-state index contributed by atoms with van der Waals surface area (Å²) in [7, 11) is 0. The van der Waals surface area contributed by atoms with Crippen molar-refractivity contribution in [1.29, 1.82) is 0 Å². The Morgan fingerprint density at radius 2 is 1.95 bits per heavy atom. The van der Waals surface area contributed by atoms with Gasteiger partial charge >= 0.3 is 0 Å². The summed E-state index contributed by atoms with van der Waals surface area (Å²) in [5.74, 6) is 0.00625. The molecule has 20 heavy (non-hydrogen) atoms. The molecule has 2 N–H and O–H groups in total. The van der Waals surface area contributed by atoms with Crippen LogP contribution in [0.3, 0.4) is 0 Å². The van der Waals surface area contributed by atoms with Gasteiger partial charge in [0.25, 0.3) is 0 Å². The van der Waals surface area contributed by atoms with Gasteiger partial charge in [0.1, 0.15) is 6.04 Å². The van der Waals surface area contributed by atoms with Crippen molar-refractivity contribution in [2.24, 2.45) is 0 Å². The largest absolute Gasteiger partial charge is 0.350 e. The lowest BCUT2D eigenvalue weighted by molar-refractivity contribution is -0.126. The Labute approximate surface area is 120 Å². The molecule has 0 aromatic heterocycles. The lowest BCUT2D eigenvalue weighted by Crippen LogP contribution is -2.47. The smallest absolute Gasteiger partial charge is 0.242 e. The molecule has 3 rings (SSSR count). The first-order valence-electron chi connectivity index (χ1n) is 8.06. The normalized spacial score (nSPS) is 32.3. The van der Waals surface area contributed by atoms with Crippen molar-refractivity contribution in [3.05, 3.63) is 0 Å². The number of nitrogens with one attached hydrogen (secondary N) is 2. The topological polar surface area (TPSA) is 61.4 Å². The number of likely N-dealkylation sites (tertiary alicyclic amines) is 1. The fourth-order valence-electron chi connectivity index (χ4n) is 3.80. The molecule has 2 saturated heterocycles. The molecule has 2 heterocycles. The minimum absolute atomic E-state index is 0.000374. The quantitative estimate of drug-likeness (QED) is 0.803.